The molecule has 0 aromatic carbocycles. The minimum atomic E-state index is -0.794. The molecule has 5 nitrogen and oxygen atoms in total. The molecule has 0 radical (unpaired) electrons. The van der Waals surface area contributed by atoms with Gasteiger partial charge in [-0.1, -0.05) is 0 Å². The number of carboxylic acid groups (broad SMARTS) is 1. The van der Waals surface area contributed by atoms with E-state index in [0.717, 1.165) is 18.9 Å². The zero-order valence-electron chi connectivity index (χ0n) is 10.6. The van der Waals surface area contributed by atoms with E-state index in [-0.39, 0.29) is 5.91 Å². The highest BCUT2D eigenvalue weighted by Crippen LogP contribution is 2.28. The number of hydrogen-bond donors (Lipinski definition) is 1. The zero-order valence-corrected chi connectivity index (χ0v) is 10.6. The molecule has 0 aromatic rings. The fraction of sp³-hybridized carbons (Fsp3) is 0.846. The highest BCUT2D eigenvalue weighted by Gasteiger charge is 2.29. The summed E-state index contributed by atoms with van der Waals surface area (Å²) in [6.07, 6.45) is 4.20. The number of ether oxygens (including phenoxy) is 1. The maximum atomic E-state index is 11.6. The van der Waals surface area contributed by atoms with Gasteiger partial charge in [0.15, 0.2) is 0 Å². The Kier molecular flexibility index (Phi) is 4.58. The van der Waals surface area contributed by atoms with Gasteiger partial charge in [0.05, 0.1) is 5.92 Å². The molecule has 0 aromatic heterocycles. The van der Waals surface area contributed by atoms with Crippen LogP contribution in [0.4, 0.5) is 0 Å². The van der Waals surface area contributed by atoms with Crippen LogP contribution in [0.15, 0.2) is 0 Å². The number of carboxylic acids is 1. The molecule has 5 heteroatoms. The van der Waals surface area contributed by atoms with Gasteiger partial charge < -0.3 is 14.7 Å². The lowest BCUT2D eigenvalue weighted by Gasteiger charge is -2.30. The number of aliphatic carboxylic acids is 1. The first kappa shape index (κ1) is 13.3. The second-order valence-electron chi connectivity index (χ2n) is 5.29. The average molecular weight is 255 g/mol. The molecule has 2 rings (SSSR count). The number of carbonyl (C=O) groups excluding carboxylic acids is 1. The monoisotopic (exact) mass is 255 g/mol. The Hall–Kier alpha value is -1.10. The highest BCUT2D eigenvalue weighted by molar-refractivity contribution is 5.80. The molecule has 1 heterocycles. The number of nitrogens with zero attached hydrogens (tertiary/aromatic N) is 1. The van der Waals surface area contributed by atoms with Crippen molar-refractivity contribution in [3.8, 4) is 0 Å². The van der Waals surface area contributed by atoms with Crippen LogP contribution in [0.1, 0.15) is 32.1 Å². The number of piperidine rings is 1. The second kappa shape index (κ2) is 6.18. The molecule has 2 fully saturated rings. The third-order valence-corrected chi connectivity index (χ3v) is 3.62. The van der Waals surface area contributed by atoms with Crippen molar-refractivity contribution in [2.24, 2.45) is 11.8 Å². The molecule has 1 amide bonds. The third kappa shape index (κ3) is 3.98. The summed E-state index contributed by atoms with van der Waals surface area (Å²) in [5.41, 5.74) is 0. The Morgan fingerprint density at radius 2 is 2.17 bits per heavy atom. The standard InChI is InChI=1S/C13H21NO4/c15-12-5-4-11(13(16)17)8-14(12)6-1-7-18-9-10-2-3-10/h10-11H,1-9H2,(H,16,17). The van der Waals surface area contributed by atoms with Crippen molar-refractivity contribution in [2.45, 2.75) is 32.1 Å². The number of carbonyl (C=O) groups is 2. The van der Waals surface area contributed by atoms with Gasteiger partial charge in [0.25, 0.3) is 0 Å². The number of hydrogen-bond acceptors (Lipinski definition) is 3. The van der Waals surface area contributed by atoms with Crippen molar-refractivity contribution in [1.82, 2.24) is 4.90 Å². The molecule has 102 valence electrons. The lowest BCUT2D eigenvalue weighted by atomic mass is 9.98. The predicted molar refractivity (Wildman–Crippen MR) is 65.1 cm³/mol. The summed E-state index contributed by atoms with van der Waals surface area (Å²) in [6, 6.07) is 0. The van der Waals surface area contributed by atoms with E-state index < -0.39 is 11.9 Å². The highest BCUT2D eigenvalue weighted by atomic mass is 16.5. The Morgan fingerprint density at radius 3 is 2.83 bits per heavy atom. The summed E-state index contributed by atoms with van der Waals surface area (Å²) in [4.78, 5) is 24.2. The van der Waals surface area contributed by atoms with Crippen LogP contribution in [0, 0.1) is 11.8 Å². The second-order valence-corrected chi connectivity index (χ2v) is 5.29. The van der Waals surface area contributed by atoms with Crippen molar-refractivity contribution in [3.05, 3.63) is 0 Å². The first-order valence-corrected chi connectivity index (χ1v) is 6.75. The van der Waals surface area contributed by atoms with Crippen molar-refractivity contribution in [2.75, 3.05) is 26.3 Å². The molecular formula is C13H21NO4. The normalized spacial score (nSPS) is 24.3. The van der Waals surface area contributed by atoms with Crippen molar-refractivity contribution < 1.29 is 19.4 Å². The molecule has 1 atom stereocenters. The Bertz CT molecular complexity index is 314. The van der Waals surface area contributed by atoms with E-state index in [0.29, 0.717) is 32.5 Å². The van der Waals surface area contributed by atoms with Crippen LogP contribution in [-0.2, 0) is 14.3 Å². The predicted octanol–water partition coefficient (Wildman–Crippen LogP) is 1.13. The van der Waals surface area contributed by atoms with Crippen molar-refractivity contribution in [3.63, 3.8) is 0 Å². The maximum absolute atomic E-state index is 11.6. The molecular weight excluding hydrogens is 234 g/mol. The molecule has 1 unspecified atom stereocenters. The van der Waals surface area contributed by atoms with Crippen LogP contribution < -0.4 is 0 Å². The van der Waals surface area contributed by atoms with E-state index >= 15 is 0 Å². The van der Waals surface area contributed by atoms with E-state index in [1.54, 1.807) is 4.90 Å². The minimum absolute atomic E-state index is 0.0784. The minimum Gasteiger partial charge on any atom is -0.481 e. The summed E-state index contributed by atoms with van der Waals surface area (Å²) >= 11 is 0. The molecule has 1 saturated heterocycles. The molecule has 1 N–H and O–H groups in total. The molecule has 2 aliphatic rings. The van der Waals surface area contributed by atoms with Crippen LogP contribution >= 0.6 is 0 Å². The van der Waals surface area contributed by atoms with Gasteiger partial charge in [-0.05, 0) is 31.6 Å². The lowest BCUT2D eigenvalue weighted by molar-refractivity contribution is -0.147. The van der Waals surface area contributed by atoms with Crippen molar-refractivity contribution >= 4 is 11.9 Å². The van der Waals surface area contributed by atoms with Crippen LogP contribution in [0.5, 0.6) is 0 Å². The van der Waals surface area contributed by atoms with Gasteiger partial charge in [0.1, 0.15) is 0 Å². The summed E-state index contributed by atoms with van der Waals surface area (Å²) in [7, 11) is 0. The van der Waals surface area contributed by atoms with Gasteiger partial charge in [0, 0.05) is 32.7 Å². The Balaban J connectivity index is 1.62. The maximum Gasteiger partial charge on any atom is 0.308 e. The van der Waals surface area contributed by atoms with E-state index in [1.807, 2.05) is 0 Å². The molecule has 0 spiro atoms. The number of amides is 1. The average Bonchev–Trinajstić information content (AvgIpc) is 3.14. The molecule has 1 aliphatic heterocycles. The molecule has 1 saturated carbocycles. The van der Waals surface area contributed by atoms with Crippen molar-refractivity contribution in [1.29, 1.82) is 0 Å². The summed E-state index contributed by atoms with van der Waals surface area (Å²) < 4.78 is 5.50. The van der Waals surface area contributed by atoms with E-state index in [9.17, 15) is 9.59 Å². The quantitative estimate of drug-likeness (QED) is 0.692. The largest absolute Gasteiger partial charge is 0.481 e. The van der Waals surface area contributed by atoms with Gasteiger partial charge in [-0.15, -0.1) is 0 Å². The fourth-order valence-corrected chi connectivity index (χ4v) is 2.22. The SMILES string of the molecule is O=C(O)C1CCC(=O)N(CCCOCC2CC2)C1. The third-order valence-electron chi connectivity index (χ3n) is 3.62. The van der Waals surface area contributed by atoms with E-state index in [1.165, 1.54) is 12.8 Å². The Labute approximate surface area is 107 Å². The summed E-state index contributed by atoms with van der Waals surface area (Å²) in [5.74, 6) is -0.347. The van der Waals surface area contributed by atoms with Crippen LogP contribution in [-0.4, -0.2) is 48.2 Å². The molecule has 0 bridgehead atoms. The van der Waals surface area contributed by atoms with E-state index in [2.05, 4.69) is 0 Å². The number of likely N-dealkylation sites (tertiary alicyclic amines) is 1. The van der Waals surface area contributed by atoms with Gasteiger partial charge in [-0.2, -0.15) is 0 Å². The molecule has 18 heavy (non-hydrogen) atoms. The van der Waals surface area contributed by atoms with Gasteiger partial charge >= 0.3 is 5.97 Å². The van der Waals surface area contributed by atoms with Gasteiger partial charge in [-0.25, -0.2) is 0 Å². The summed E-state index contributed by atoms with van der Waals surface area (Å²) in [5, 5.41) is 8.96. The smallest absolute Gasteiger partial charge is 0.308 e. The lowest BCUT2D eigenvalue weighted by Crippen LogP contribution is -2.43. The van der Waals surface area contributed by atoms with Crippen LogP contribution in [0.25, 0.3) is 0 Å². The summed E-state index contributed by atoms with van der Waals surface area (Å²) in [6.45, 7) is 2.48. The first-order chi connectivity index (χ1) is 8.66. The van der Waals surface area contributed by atoms with E-state index in [4.69, 9.17) is 9.84 Å². The van der Waals surface area contributed by atoms with Gasteiger partial charge in [0.2, 0.25) is 5.91 Å². The fourth-order valence-electron chi connectivity index (χ4n) is 2.22. The van der Waals surface area contributed by atoms with Crippen LogP contribution in [0.3, 0.4) is 0 Å². The van der Waals surface area contributed by atoms with Crippen LogP contribution in [0.2, 0.25) is 0 Å². The zero-order chi connectivity index (χ0) is 13.0. The van der Waals surface area contributed by atoms with Gasteiger partial charge in [-0.3, -0.25) is 9.59 Å². The number of rotatable bonds is 7. The molecule has 1 aliphatic carbocycles. The topological polar surface area (TPSA) is 66.8 Å². The Morgan fingerprint density at radius 1 is 1.39 bits per heavy atom. The first-order valence-electron chi connectivity index (χ1n) is 6.75.